The molecule has 2 N–H and O–H groups in total. The highest BCUT2D eigenvalue weighted by molar-refractivity contribution is 7.09. The Kier molecular flexibility index (Phi) is 6.98. The van der Waals surface area contributed by atoms with Crippen molar-refractivity contribution in [3.05, 3.63) is 132 Å². The van der Waals surface area contributed by atoms with Crippen molar-refractivity contribution in [2.24, 2.45) is 0 Å². The van der Waals surface area contributed by atoms with Crippen LogP contribution in [0.5, 0.6) is 0 Å². The number of halogens is 2. The number of hydrogen-bond donors (Lipinski definition) is 2. The molecule has 190 valence electrons. The molecule has 8 nitrogen and oxygen atoms in total. The van der Waals surface area contributed by atoms with Crippen LogP contribution in [0.15, 0.2) is 94.1 Å². The van der Waals surface area contributed by atoms with Crippen molar-refractivity contribution in [2.45, 2.75) is 11.8 Å². The molecule has 0 saturated carbocycles. The van der Waals surface area contributed by atoms with Crippen LogP contribution in [-0.4, -0.2) is 30.8 Å². The van der Waals surface area contributed by atoms with Crippen LogP contribution in [-0.2, 0) is 16.6 Å². The van der Waals surface area contributed by atoms with Gasteiger partial charge in [-0.15, -0.1) is 11.3 Å². The summed E-state index contributed by atoms with van der Waals surface area (Å²) in [4.78, 5) is 43.6. The first-order chi connectivity index (χ1) is 18.3. The summed E-state index contributed by atoms with van der Waals surface area (Å²) in [5.74, 6) is -1.12. The Bertz CT molecular complexity index is 1750. The van der Waals surface area contributed by atoms with Crippen LogP contribution in [0.2, 0.25) is 10.0 Å². The number of carboxylic acids is 1. The Morgan fingerprint density at radius 2 is 1.79 bits per heavy atom. The summed E-state index contributed by atoms with van der Waals surface area (Å²) in [6.45, 7) is 0. The number of carbonyl (C=O) groups is 1. The van der Waals surface area contributed by atoms with Crippen LogP contribution in [0.25, 0.3) is 16.8 Å². The number of nitrogens with zero attached hydrogens (tertiary/aromatic N) is 3. The molecule has 11 heteroatoms. The molecule has 0 spiro atoms. The van der Waals surface area contributed by atoms with Gasteiger partial charge in [0.2, 0.25) is 0 Å². The minimum Gasteiger partial charge on any atom is -0.480 e. The van der Waals surface area contributed by atoms with Gasteiger partial charge in [0, 0.05) is 28.0 Å². The Balaban J connectivity index is 1.77. The number of nitrogens with one attached hydrogen (secondary N) is 1. The lowest BCUT2D eigenvalue weighted by Gasteiger charge is -2.33. The standard InChI is InChI=1S/C27H18Cl2N4O4S/c28-17-7-5-16(6-8-17)19-3-1-2-4-20(19)27(25(35)36,14-24-30-11-12-38-24)21-10-9-18(13-22(21)29)33-26(37)32-23(34)15-31-33/h1-13,15H,14H2,(H,35,36)(H,32,34,37). The molecule has 0 radical (unpaired) electrons. The topological polar surface area (TPSA) is 118 Å². The number of carboxylic acid groups (broad SMARTS) is 1. The number of benzene rings is 3. The van der Waals surface area contributed by atoms with Crippen molar-refractivity contribution in [2.75, 3.05) is 0 Å². The van der Waals surface area contributed by atoms with Crippen molar-refractivity contribution in [1.29, 1.82) is 0 Å². The first kappa shape index (κ1) is 25.6. The molecule has 0 bridgehead atoms. The second-order valence-corrected chi connectivity index (χ2v) is 10.2. The number of thiazole rings is 1. The molecule has 3 aromatic carbocycles. The number of aliphatic carboxylic acids is 1. The van der Waals surface area contributed by atoms with Crippen LogP contribution >= 0.6 is 34.5 Å². The predicted molar refractivity (Wildman–Crippen MR) is 147 cm³/mol. The molecule has 1 unspecified atom stereocenters. The fourth-order valence-corrected chi connectivity index (χ4v) is 5.63. The lowest BCUT2D eigenvalue weighted by molar-refractivity contribution is -0.142. The highest BCUT2D eigenvalue weighted by Gasteiger charge is 2.46. The van der Waals surface area contributed by atoms with Crippen molar-refractivity contribution >= 4 is 40.5 Å². The quantitative estimate of drug-likeness (QED) is 0.288. The van der Waals surface area contributed by atoms with Gasteiger partial charge in [-0.1, -0.05) is 65.7 Å². The monoisotopic (exact) mass is 564 g/mol. The Hall–Kier alpha value is -4.05. The van der Waals surface area contributed by atoms with E-state index < -0.39 is 22.6 Å². The largest absolute Gasteiger partial charge is 0.480 e. The molecule has 0 saturated heterocycles. The highest BCUT2D eigenvalue weighted by atomic mass is 35.5. The predicted octanol–water partition coefficient (Wildman–Crippen LogP) is 4.96. The number of rotatable bonds is 7. The van der Waals surface area contributed by atoms with E-state index in [1.807, 2.05) is 24.3 Å². The molecule has 0 aliphatic rings. The van der Waals surface area contributed by atoms with Gasteiger partial charge in [-0.3, -0.25) is 14.6 Å². The second kappa shape index (κ2) is 10.4. The van der Waals surface area contributed by atoms with Crippen LogP contribution in [0.4, 0.5) is 0 Å². The van der Waals surface area contributed by atoms with E-state index >= 15 is 0 Å². The van der Waals surface area contributed by atoms with Gasteiger partial charge in [-0.25, -0.2) is 9.78 Å². The fourth-order valence-electron chi connectivity index (χ4n) is 4.46. The summed E-state index contributed by atoms with van der Waals surface area (Å²) >= 11 is 14.2. The molecule has 0 fully saturated rings. The van der Waals surface area contributed by atoms with Gasteiger partial charge in [-0.2, -0.15) is 9.78 Å². The molecular formula is C27H18Cl2N4O4S. The SMILES string of the molecule is O=C(O)C(Cc1nccs1)(c1ccc(-n2ncc(=O)[nH]c2=O)cc1Cl)c1ccccc1-c1ccc(Cl)cc1. The molecular weight excluding hydrogens is 547 g/mol. The number of H-pyrrole nitrogens is 1. The summed E-state index contributed by atoms with van der Waals surface area (Å²) in [5.41, 5.74) is -0.466. The summed E-state index contributed by atoms with van der Waals surface area (Å²) in [5, 5.41) is 17.8. The third-order valence-corrected chi connectivity index (χ3v) is 7.52. The maximum Gasteiger partial charge on any atom is 0.349 e. The summed E-state index contributed by atoms with van der Waals surface area (Å²) in [6.07, 6.45) is 2.62. The second-order valence-electron chi connectivity index (χ2n) is 8.38. The third kappa shape index (κ3) is 4.67. The molecule has 0 aliphatic heterocycles. The highest BCUT2D eigenvalue weighted by Crippen LogP contribution is 2.44. The summed E-state index contributed by atoms with van der Waals surface area (Å²) < 4.78 is 0.974. The normalized spacial score (nSPS) is 12.7. The lowest BCUT2D eigenvalue weighted by Crippen LogP contribution is -2.40. The van der Waals surface area contributed by atoms with Gasteiger partial charge in [0.1, 0.15) is 11.6 Å². The van der Waals surface area contributed by atoms with Gasteiger partial charge in [-0.05, 0) is 46.5 Å². The lowest BCUT2D eigenvalue weighted by atomic mass is 9.69. The van der Waals surface area contributed by atoms with Crippen LogP contribution < -0.4 is 11.2 Å². The van der Waals surface area contributed by atoms with Gasteiger partial charge >= 0.3 is 11.7 Å². The first-order valence-electron chi connectivity index (χ1n) is 11.3. The smallest absolute Gasteiger partial charge is 0.349 e. The molecule has 2 aromatic heterocycles. The molecule has 1 atom stereocenters. The zero-order valence-corrected chi connectivity index (χ0v) is 21.8. The van der Waals surface area contributed by atoms with Crippen LogP contribution in [0.3, 0.4) is 0 Å². The minimum absolute atomic E-state index is 0.0283. The van der Waals surface area contributed by atoms with Crippen molar-refractivity contribution in [3.63, 3.8) is 0 Å². The Morgan fingerprint density at radius 3 is 2.45 bits per heavy atom. The molecule has 2 heterocycles. The van der Waals surface area contributed by atoms with E-state index in [1.165, 1.54) is 17.4 Å². The van der Waals surface area contributed by atoms with Crippen molar-refractivity contribution < 1.29 is 9.90 Å². The maximum atomic E-state index is 13.4. The molecule has 5 rings (SSSR count). The van der Waals surface area contributed by atoms with Crippen molar-refractivity contribution in [3.8, 4) is 16.8 Å². The van der Waals surface area contributed by atoms with Crippen LogP contribution in [0.1, 0.15) is 16.1 Å². The average molecular weight is 565 g/mol. The fraction of sp³-hybridized carbons (Fsp3) is 0.0741. The first-order valence-corrected chi connectivity index (χ1v) is 12.9. The van der Waals surface area contributed by atoms with Crippen molar-refractivity contribution in [1.82, 2.24) is 19.7 Å². The van der Waals surface area contributed by atoms with Gasteiger partial charge in [0.15, 0.2) is 0 Å². The van der Waals surface area contributed by atoms with Crippen LogP contribution in [0, 0.1) is 0 Å². The van der Waals surface area contributed by atoms with E-state index in [1.54, 1.807) is 48.0 Å². The third-order valence-electron chi connectivity index (χ3n) is 6.18. The molecule has 5 aromatic rings. The molecule has 0 amide bonds. The van der Waals surface area contributed by atoms with Gasteiger partial charge in [0.05, 0.1) is 10.7 Å². The zero-order valence-electron chi connectivity index (χ0n) is 19.5. The van der Waals surface area contributed by atoms with E-state index in [9.17, 15) is 19.5 Å². The molecule has 38 heavy (non-hydrogen) atoms. The van der Waals surface area contributed by atoms with E-state index in [0.29, 0.717) is 26.7 Å². The summed E-state index contributed by atoms with van der Waals surface area (Å²) in [7, 11) is 0. The molecule has 0 aliphatic carbocycles. The summed E-state index contributed by atoms with van der Waals surface area (Å²) in [6, 6.07) is 18.9. The van der Waals surface area contributed by atoms with Gasteiger partial charge < -0.3 is 5.11 Å². The Labute approximate surface area is 229 Å². The average Bonchev–Trinajstić information content (AvgIpc) is 3.41. The number of aromatic nitrogens is 4. The van der Waals surface area contributed by atoms with E-state index in [4.69, 9.17) is 23.2 Å². The van der Waals surface area contributed by atoms with E-state index in [2.05, 4.69) is 15.1 Å². The minimum atomic E-state index is -1.65. The Morgan fingerprint density at radius 1 is 1.03 bits per heavy atom. The van der Waals surface area contributed by atoms with E-state index in [-0.39, 0.29) is 17.1 Å². The number of aromatic amines is 1. The van der Waals surface area contributed by atoms with E-state index in [0.717, 1.165) is 16.4 Å². The zero-order chi connectivity index (χ0) is 26.9. The maximum absolute atomic E-state index is 13.4. The number of hydrogen-bond acceptors (Lipinski definition) is 6. The van der Waals surface area contributed by atoms with Gasteiger partial charge in [0.25, 0.3) is 5.56 Å².